The van der Waals surface area contributed by atoms with Crippen LogP contribution in [0.3, 0.4) is 0 Å². The van der Waals surface area contributed by atoms with Crippen LogP contribution in [0.4, 0.5) is 4.39 Å². The predicted molar refractivity (Wildman–Crippen MR) is 69.4 cm³/mol. The zero-order valence-electron chi connectivity index (χ0n) is 8.93. The highest BCUT2D eigenvalue weighted by atomic mass is 79.9. The van der Waals surface area contributed by atoms with E-state index in [-0.39, 0.29) is 10.0 Å². The van der Waals surface area contributed by atoms with Crippen LogP contribution in [-0.2, 0) is 0 Å². The molecule has 1 aromatic carbocycles. The molecule has 1 heterocycles. The van der Waals surface area contributed by atoms with Gasteiger partial charge in [0.15, 0.2) is 0 Å². The van der Waals surface area contributed by atoms with Gasteiger partial charge in [0.05, 0.1) is 14.9 Å². The van der Waals surface area contributed by atoms with Gasteiger partial charge in [-0.1, -0.05) is 6.07 Å². The lowest BCUT2D eigenvalue weighted by atomic mass is 10.1. The second-order valence-electron chi connectivity index (χ2n) is 3.58. The van der Waals surface area contributed by atoms with Gasteiger partial charge >= 0.3 is 5.97 Å². The summed E-state index contributed by atoms with van der Waals surface area (Å²) in [5, 5.41) is 20.7. The van der Waals surface area contributed by atoms with Gasteiger partial charge in [-0.2, -0.15) is 0 Å². The number of benzene rings is 1. The number of rotatable bonds is 3. The van der Waals surface area contributed by atoms with E-state index in [1.807, 2.05) is 0 Å². The van der Waals surface area contributed by atoms with Crippen LogP contribution in [0, 0.1) is 5.82 Å². The molecule has 0 radical (unpaired) electrons. The van der Waals surface area contributed by atoms with Gasteiger partial charge in [-0.25, -0.2) is 9.18 Å². The van der Waals surface area contributed by atoms with E-state index in [1.54, 1.807) is 5.38 Å². The molecule has 6 heteroatoms. The zero-order chi connectivity index (χ0) is 13.3. The van der Waals surface area contributed by atoms with E-state index < -0.39 is 17.9 Å². The summed E-state index contributed by atoms with van der Waals surface area (Å²) in [4.78, 5) is 11.3. The standard InChI is InChI=1S/C12H8BrFO3S/c13-8-5-6(1-2-9(8)14)10(15)11-7(12(16)17)3-4-18-11/h1-5,10,15H,(H,16,17). The van der Waals surface area contributed by atoms with Gasteiger partial charge in [-0.15, -0.1) is 11.3 Å². The molecule has 0 bridgehead atoms. The van der Waals surface area contributed by atoms with Crippen LogP contribution in [0.5, 0.6) is 0 Å². The van der Waals surface area contributed by atoms with Crippen molar-refractivity contribution >= 4 is 33.2 Å². The Balaban J connectivity index is 2.41. The van der Waals surface area contributed by atoms with E-state index in [4.69, 9.17) is 5.11 Å². The van der Waals surface area contributed by atoms with Gasteiger partial charge in [0.1, 0.15) is 11.9 Å². The number of carboxylic acids is 1. The minimum Gasteiger partial charge on any atom is -0.478 e. The molecule has 18 heavy (non-hydrogen) atoms. The number of aromatic carboxylic acids is 1. The van der Waals surface area contributed by atoms with E-state index in [0.717, 1.165) is 11.3 Å². The third-order valence-electron chi connectivity index (χ3n) is 2.43. The monoisotopic (exact) mass is 330 g/mol. The first-order valence-corrected chi connectivity index (χ1v) is 6.61. The second-order valence-corrected chi connectivity index (χ2v) is 5.38. The molecular formula is C12H8BrFO3S. The van der Waals surface area contributed by atoms with Crippen molar-refractivity contribution in [2.24, 2.45) is 0 Å². The molecular weight excluding hydrogens is 323 g/mol. The molecule has 1 atom stereocenters. The number of aliphatic hydroxyl groups excluding tert-OH is 1. The lowest BCUT2D eigenvalue weighted by Crippen LogP contribution is -2.05. The van der Waals surface area contributed by atoms with Crippen molar-refractivity contribution in [1.29, 1.82) is 0 Å². The molecule has 0 saturated heterocycles. The predicted octanol–water partition coefficient (Wildman–Crippen LogP) is 3.43. The van der Waals surface area contributed by atoms with E-state index >= 15 is 0 Å². The van der Waals surface area contributed by atoms with Gasteiger partial charge in [-0.05, 0) is 45.1 Å². The quantitative estimate of drug-likeness (QED) is 0.906. The average Bonchev–Trinajstić information content (AvgIpc) is 2.81. The van der Waals surface area contributed by atoms with Crippen LogP contribution in [-0.4, -0.2) is 16.2 Å². The first-order chi connectivity index (χ1) is 8.50. The second kappa shape index (κ2) is 5.17. The Hall–Kier alpha value is -1.24. The van der Waals surface area contributed by atoms with E-state index in [9.17, 15) is 14.3 Å². The summed E-state index contributed by atoms with van der Waals surface area (Å²) in [6, 6.07) is 5.52. The summed E-state index contributed by atoms with van der Waals surface area (Å²) in [7, 11) is 0. The van der Waals surface area contributed by atoms with Crippen molar-refractivity contribution in [2.45, 2.75) is 6.10 Å². The van der Waals surface area contributed by atoms with Gasteiger partial charge in [0.25, 0.3) is 0 Å². The molecule has 2 N–H and O–H groups in total. The van der Waals surface area contributed by atoms with Crippen molar-refractivity contribution in [3.8, 4) is 0 Å². The number of thiophene rings is 1. The van der Waals surface area contributed by atoms with Gasteiger partial charge in [0, 0.05) is 0 Å². The minimum atomic E-state index is -1.09. The number of carboxylic acid groups (broad SMARTS) is 1. The first kappa shape index (κ1) is 13.2. The summed E-state index contributed by atoms with van der Waals surface area (Å²) in [5.74, 6) is -1.53. The molecule has 2 aromatic rings. The van der Waals surface area contributed by atoms with Crippen molar-refractivity contribution in [1.82, 2.24) is 0 Å². The lowest BCUT2D eigenvalue weighted by molar-refractivity contribution is 0.0692. The topological polar surface area (TPSA) is 57.5 Å². The molecule has 0 amide bonds. The maximum Gasteiger partial charge on any atom is 0.336 e. The van der Waals surface area contributed by atoms with Gasteiger partial charge < -0.3 is 10.2 Å². The molecule has 0 aliphatic carbocycles. The molecule has 0 aliphatic rings. The fourth-order valence-corrected chi connectivity index (χ4v) is 2.84. The third-order valence-corrected chi connectivity index (χ3v) is 4.01. The first-order valence-electron chi connectivity index (χ1n) is 4.94. The van der Waals surface area contributed by atoms with Crippen molar-refractivity contribution in [3.63, 3.8) is 0 Å². The largest absolute Gasteiger partial charge is 0.478 e. The fraction of sp³-hybridized carbons (Fsp3) is 0.0833. The summed E-state index contributed by atoms with van der Waals surface area (Å²) >= 11 is 4.18. The lowest BCUT2D eigenvalue weighted by Gasteiger charge is -2.11. The van der Waals surface area contributed by atoms with Gasteiger partial charge in [0.2, 0.25) is 0 Å². The maximum atomic E-state index is 13.1. The molecule has 3 nitrogen and oxygen atoms in total. The SMILES string of the molecule is O=C(O)c1ccsc1C(O)c1ccc(F)c(Br)c1. The fourth-order valence-electron chi connectivity index (χ4n) is 1.54. The highest BCUT2D eigenvalue weighted by Gasteiger charge is 2.20. The Morgan fingerprint density at radius 2 is 2.11 bits per heavy atom. The summed E-state index contributed by atoms with van der Waals surface area (Å²) in [6.45, 7) is 0. The number of aliphatic hydroxyl groups is 1. The van der Waals surface area contributed by atoms with Crippen LogP contribution >= 0.6 is 27.3 Å². The van der Waals surface area contributed by atoms with Crippen molar-refractivity contribution < 1.29 is 19.4 Å². The van der Waals surface area contributed by atoms with E-state index in [2.05, 4.69) is 15.9 Å². The molecule has 2 rings (SSSR count). The Bertz CT molecular complexity index is 597. The Labute approximate surface area is 115 Å². The molecule has 0 fully saturated rings. The molecule has 0 saturated carbocycles. The number of carbonyl (C=O) groups is 1. The molecule has 1 aromatic heterocycles. The van der Waals surface area contributed by atoms with Gasteiger partial charge in [-0.3, -0.25) is 0 Å². The minimum absolute atomic E-state index is 0.0629. The number of hydrogen-bond donors (Lipinski definition) is 2. The van der Waals surface area contributed by atoms with Crippen molar-refractivity contribution in [3.05, 3.63) is 55.9 Å². The normalized spacial score (nSPS) is 12.4. The zero-order valence-corrected chi connectivity index (χ0v) is 11.3. The maximum absolute atomic E-state index is 13.1. The smallest absolute Gasteiger partial charge is 0.336 e. The number of halogens is 2. The van der Waals surface area contributed by atoms with E-state index in [1.165, 1.54) is 24.3 Å². The Morgan fingerprint density at radius 1 is 1.39 bits per heavy atom. The van der Waals surface area contributed by atoms with Crippen LogP contribution < -0.4 is 0 Å². The van der Waals surface area contributed by atoms with Crippen LogP contribution in [0.2, 0.25) is 0 Å². The Kier molecular flexibility index (Phi) is 3.79. The van der Waals surface area contributed by atoms with Crippen LogP contribution in [0.1, 0.15) is 26.9 Å². The molecule has 1 unspecified atom stereocenters. The number of hydrogen-bond acceptors (Lipinski definition) is 3. The average molecular weight is 331 g/mol. The summed E-state index contributed by atoms with van der Waals surface area (Å²) in [6.07, 6.45) is -1.08. The molecule has 94 valence electrons. The van der Waals surface area contributed by atoms with Crippen LogP contribution in [0.25, 0.3) is 0 Å². The summed E-state index contributed by atoms with van der Waals surface area (Å²) in [5.41, 5.74) is 0.501. The molecule has 0 spiro atoms. The summed E-state index contributed by atoms with van der Waals surface area (Å²) < 4.78 is 13.3. The highest BCUT2D eigenvalue weighted by Crippen LogP contribution is 2.31. The van der Waals surface area contributed by atoms with Crippen LogP contribution in [0.15, 0.2) is 34.1 Å². The Morgan fingerprint density at radius 3 is 2.72 bits per heavy atom. The molecule has 0 aliphatic heterocycles. The van der Waals surface area contributed by atoms with Crippen molar-refractivity contribution in [2.75, 3.05) is 0 Å². The third kappa shape index (κ3) is 2.45. The van der Waals surface area contributed by atoms with E-state index in [0.29, 0.717) is 10.4 Å². The highest BCUT2D eigenvalue weighted by molar-refractivity contribution is 9.10.